The lowest BCUT2D eigenvalue weighted by molar-refractivity contribution is 0.0696. The molecule has 0 bridgehead atoms. The van der Waals surface area contributed by atoms with Gasteiger partial charge in [0.25, 0.3) is 17.6 Å². The van der Waals surface area contributed by atoms with Crippen LogP contribution in [0.5, 0.6) is 0 Å². The molecule has 3 aromatic heterocycles. The molecule has 0 fully saturated rings. The number of hydrogen-bond donors (Lipinski definition) is 3. The molecule has 2 amide bonds. The highest BCUT2D eigenvalue weighted by Gasteiger charge is 2.18. The summed E-state index contributed by atoms with van der Waals surface area (Å²) in [5.74, 6) is -1.37. The van der Waals surface area contributed by atoms with Gasteiger partial charge in [0.15, 0.2) is 11.5 Å². The molecule has 0 aliphatic rings. The van der Waals surface area contributed by atoms with Crippen molar-refractivity contribution in [2.24, 2.45) is 0 Å². The average Bonchev–Trinajstić information content (AvgIpc) is 3.50. The van der Waals surface area contributed by atoms with E-state index in [0.29, 0.717) is 22.6 Å². The van der Waals surface area contributed by atoms with Gasteiger partial charge in [-0.2, -0.15) is 14.6 Å². The van der Waals surface area contributed by atoms with Crippen LogP contribution in [0.25, 0.3) is 16.9 Å². The molecule has 3 heterocycles. The van der Waals surface area contributed by atoms with Crippen molar-refractivity contribution in [3.05, 3.63) is 88.8 Å². The number of carbonyl (C=O) groups is 3. The van der Waals surface area contributed by atoms with Gasteiger partial charge in [-0.1, -0.05) is 18.2 Å². The summed E-state index contributed by atoms with van der Waals surface area (Å²) in [4.78, 5) is 49.2. The molecule has 0 unspecified atom stereocenters. The second-order valence-corrected chi connectivity index (χ2v) is 7.90. The van der Waals surface area contributed by atoms with Crippen molar-refractivity contribution in [1.82, 2.24) is 35.2 Å². The zero-order valence-electron chi connectivity index (χ0n) is 18.9. The van der Waals surface area contributed by atoms with Gasteiger partial charge in [-0.25, -0.2) is 14.8 Å². The molecule has 12 heteroatoms. The fourth-order valence-electron chi connectivity index (χ4n) is 3.60. The molecule has 0 atom stereocenters. The summed E-state index contributed by atoms with van der Waals surface area (Å²) >= 11 is 0. The predicted molar refractivity (Wildman–Crippen MR) is 125 cm³/mol. The van der Waals surface area contributed by atoms with Crippen molar-refractivity contribution in [2.75, 3.05) is 0 Å². The van der Waals surface area contributed by atoms with Gasteiger partial charge in [0.1, 0.15) is 23.2 Å². The quantitative estimate of drug-likeness (QED) is 0.313. The molecular formula is C24H19N7O5. The van der Waals surface area contributed by atoms with E-state index in [0.717, 1.165) is 5.56 Å². The first-order valence-electron chi connectivity index (χ1n) is 10.8. The van der Waals surface area contributed by atoms with Crippen LogP contribution in [0.4, 0.5) is 0 Å². The van der Waals surface area contributed by atoms with Crippen molar-refractivity contribution in [3.8, 4) is 0 Å². The van der Waals surface area contributed by atoms with Crippen molar-refractivity contribution >= 4 is 34.7 Å². The number of aryl methyl sites for hydroxylation is 1. The minimum Gasteiger partial charge on any atom is -0.478 e. The summed E-state index contributed by atoms with van der Waals surface area (Å²) in [6.07, 6.45) is 1.24. The van der Waals surface area contributed by atoms with Gasteiger partial charge in [0.05, 0.1) is 5.56 Å². The summed E-state index contributed by atoms with van der Waals surface area (Å²) in [5, 5.41) is 18.6. The lowest BCUT2D eigenvalue weighted by atomic mass is 10.1. The first-order valence-corrected chi connectivity index (χ1v) is 10.8. The number of carboxylic acid groups (broad SMARTS) is 1. The predicted octanol–water partition coefficient (Wildman–Crippen LogP) is 2.13. The largest absolute Gasteiger partial charge is 0.478 e. The molecule has 36 heavy (non-hydrogen) atoms. The molecule has 12 nitrogen and oxygen atoms in total. The Hall–Kier alpha value is -5.13. The second-order valence-electron chi connectivity index (χ2n) is 7.90. The SMILES string of the molecule is Cc1nc2cc(CNC(=O)c3cc(C(=O)NCc4ccc(C(=O)O)cc4)nc4ncnn34)ccc2o1. The van der Waals surface area contributed by atoms with Crippen LogP contribution >= 0.6 is 0 Å². The van der Waals surface area contributed by atoms with E-state index in [9.17, 15) is 14.4 Å². The van der Waals surface area contributed by atoms with Crippen LogP contribution in [0.2, 0.25) is 0 Å². The fourth-order valence-corrected chi connectivity index (χ4v) is 3.60. The molecule has 0 radical (unpaired) electrons. The average molecular weight is 485 g/mol. The molecule has 0 aliphatic heterocycles. The van der Waals surface area contributed by atoms with Gasteiger partial charge in [-0.05, 0) is 35.4 Å². The number of carboxylic acids is 1. The van der Waals surface area contributed by atoms with Crippen LogP contribution in [0.15, 0.2) is 59.3 Å². The minimum atomic E-state index is -1.03. The zero-order chi connectivity index (χ0) is 25.2. The monoisotopic (exact) mass is 485 g/mol. The third kappa shape index (κ3) is 4.59. The van der Waals surface area contributed by atoms with Crippen LogP contribution in [-0.2, 0) is 13.1 Å². The summed E-state index contributed by atoms with van der Waals surface area (Å²) in [6.45, 7) is 2.12. The van der Waals surface area contributed by atoms with E-state index < -0.39 is 17.8 Å². The van der Waals surface area contributed by atoms with E-state index in [-0.39, 0.29) is 35.8 Å². The number of aromatic carboxylic acids is 1. The number of nitrogens with one attached hydrogen (secondary N) is 2. The Labute approximate surface area is 203 Å². The summed E-state index contributed by atoms with van der Waals surface area (Å²) in [7, 11) is 0. The highest BCUT2D eigenvalue weighted by molar-refractivity contribution is 5.98. The highest BCUT2D eigenvalue weighted by atomic mass is 16.4. The molecule has 3 N–H and O–H groups in total. The van der Waals surface area contributed by atoms with Crippen molar-refractivity contribution in [1.29, 1.82) is 0 Å². The molecule has 0 saturated heterocycles. The molecular weight excluding hydrogens is 466 g/mol. The first-order chi connectivity index (χ1) is 17.4. The number of nitrogens with zero attached hydrogens (tertiary/aromatic N) is 5. The zero-order valence-corrected chi connectivity index (χ0v) is 18.9. The lowest BCUT2D eigenvalue weighted by Gasteiger charge is -2.09. The van der Waals surface area contributed by atoms with Gasteiger partial charge < -0.3 is 20.2 Å². The maximum atomic E-state index is 13.0. The minimum absolute atomic E-state index is 0.0118. The number of aromatic nitrogens is 5. The summed E-state index contributed by atoms with van der Waals surface area (Å²) in [6, 6.07) is 12.9. The Morgan fingerprint density at radius 1 is 0.944 bits per heavy atom. The van der Waals surface area contributed by atoms with Crippen molar-refractivity contribution in [2.45, 2.75) is 20.0 Å². The van der Waals surface area contributed by atoms with Gasteiger partial charge >= 0.3 is 5.97 Å². The van der Waals surface area contributed by atoms with Crippen molar-refractivity contribution < 1.29 is 23.9 Å². The maximum Gasteiger partial charge on any atom is 0.335 e. The Morgan fingerprint density at radius 3 is 2.44 bits per heavy atom. The summed E-state index contributed by atoms with van der Waals surface area (Å²) < 4.78 is 6.72. The van der Waals surface area contributed by atoms with Gasteiger partial charge in [0.2, 0.25) is 0 Å². The molecule has 0 spiro atoms. The molecule has 5 aromatic rings. The third-order valence-corrected chi connectivity index (χ3v) is 5.38. The Morgan fingerprint density at radius 2 is 1.67 bits per heavy atom. The molecule has 180 valence electrons. The number of benzene rings is 2. The first kappa shape index (κ1) is 22.7. The standard InChI is InChI=1S/C24H19N7O5/c1-13-29-17-8-15(4-7-20(17)36-13)11-26-22(33)19-9-18(30-24-27-12-28-31(19)24)21(32)25-10-14-2-5-16(6-3-14)23(34)35/h2-9,12H,10-11H2,1H3,(H,25,32)(H,26,33)(H,34,35). The maximum absolute atomic E-state index is 13.0. The number of hydrogen-bond acceptors (Lipinski definition) is 8. The smallest absolute Gasteiger partial charge is 0.335 e. The number of oxazole rings is 1. The molecule has 2 aromatic carbocycles. The lowest BCUT2D eigenvalue weighted by Crippen LogP contribution is -2.28. The van der Waals surface area contributed by atoms with Gasteiger partial charge in [-0.3, -0.25) is 9.59 Å². The number of amides is 2. The van der Waals surface area contributed by atoms with Gasteiger partial charge in [0, 0.05) is 26.1 Å². The molecule has 5 rings (SSSR count). The second kappa shape index (κ2) is 9.25. The van der Waals surface area contributed by atoms with Crippen LogP contribution in [0, 0.1) is 6.92 Å². The Kier molecular flexibility index (Phi) is 5.82. The third-order valence-electron chi connectivity index (χ3n) is 5.38. The Balaban J connectivity index is 1.31. The number of carbonyl (C=O) groups excluding carboxylic acids is 2. The van der Waals surface area contributed by atoms with Crippen LogP contribution in [-0.4, -0.2) is 47.5 Å². The summed E-state index contributed by atoms with van der Waals surface area (Å²) in [5.41, 5.74) is 3.10. The van der Waals surface area contributed by atoms with Crippen LogP contribution in [0.1, 0.15) is 48.4 Å². The highest BCUT2D eigenvalue weighted by Crippen LogP contribution is 2.17. The number of fused-ring (bicyclic) bond motifs is 2. The number of rotatable bonds is 7. The Bertz CT molecular complexity index is 1620. The normalized spacial score (nSPS) is 11.0. The van der Waals surface area contributed by atoms with Gasteiger partial charge in [-0.15, -0.1) is 0 Å². The van der Waals surface area contributed by atoms with Crippen LogP contribution < -0.4 is 10.6 Å². The topological polar surface area (TPSA) is 165 Å². The van der Waals surface area contributed by atoms with Crippen LogP contribution in [0.3, 0.4) is 0 Å². The molecule has 0 saturated carbocycles. The van der Waals surface area contributed by atoms with E-state index in [1.807, 2.05) is 12.1 Å². The van der Waals surface area contributed by atoms with E-state index in [1.165, 1.54) is 29.0 Å². The van der Waals surface area contributed by atoms with E-state index in [1.54, 1.807) is 25.1 Å². The van der Waals surface area contributed by atoms with E-state index in [2.05, 4.69) is 30.7 Å². The van der Waals surface area contributed by atoms with E-state index in [4.69, 9.17) is 9.52 Å². The van der Waals surface area contributed by atoms with Crippen molar-refractivity contribution in [3.63, 3.8) is 0 Å². The molecule has 0 aliphatic carbocycles. The fraction of sp³-hybridized carbons (Fsp3) is 0.125. The van der Waals surface area contributed by atoms with E-state index >= 15 is 0 Å².